The van der Waals surface area contributed by atoms with Gasteiger partial charge in [-0.1, -0.05) is 0 Å². The number of pyridine rings is 1. The van der Waals surface area contributed by atoms with Gasteiger partial charge in [0.2, 0.25) is 0 Å². The van der Waals surface area contributed by atoms with Crippen LogP contribution in [0.5, 0.6) is 0 Å². The first-order chi connectivity index (χ1) is 6.52. The summed E-state index contributed by atoms with van der Waals surface area (Å²) in [5.41, 5.74) is -0.0425. The highest BCUT2D eigenvalue weighted by Crippen LogP contribution is 2.29. The van der Waals surface area contributed by atoms with Crippen LogP contribution in [0.2, 0.25) is 0 Å². The zero-order valence-electron chi connectivity index (χ0n) is 6.88. The molecule has 0 fully saturated rings. The number of rotatable bonds is 3. The number of carbonyl (C=O) groups is 1. The summed E-state index contributed by atoms with van der Waals surface area (Å²) < 4.78 is 24.8. The summed E-state index contributed by atoms with van der Waals surface area (Å²) >= 11 is 2.93. The molecule has 1 rings (SSSR count). The Morgan fingerprint density at radius 3 is 2.71 bits per heavy atom. The number of alkyl halides is 2. The molecule has 0 saturated heterocycles. The van der Waals surface area contributed by atoms with Gasteiger partial charge in [-0.25, -0.2) is 8.78 Å². The van der Waals surface area contributed by atoms with Gasteiger partial charge in [0.25, 0.3) is 6.43 Å². The van der Waals surface area contributed by atoms with Crippen LogP contribution in [0, 0.1) is 0 Å². The molecule has 0 spiro atoms. The van der Waals surface area contributed by atoms with Crippen molar-refractivity contribution in [1.82, 2.24) is 4.98 Å². The molecule has 0 aromatic carbocycles. The molecule has 0 bridgehead atoms. The molecule has 14 heavy (non-hydrogen) atoms. The first-order valence-corrected chi connectivity index (χ1v) is 4.44. The summed E-state index contributed by atoms with van der Waals surface area (Å²) in [6.45, 7) is 0. The standard InChI is InChI=1S/C8H6BrF2NO2/c9-7-4(1-6(13)14)2-12-3-5(7)8(10)11/h2-3,8H,1H2,(H,13,14). The number of hydrogen-bond donors (Lipinski definition) is 1. The number of nitrogens with zero attached hydrogens (tertiary/aromatic N) is 1. The summed E-state index contributed by atoms with van der Waals surface area (Å²) in [5, 5.41) is 8.48. The highest BCUT2D eigenvalue weighted by molar-refractivity contribution is 9.10. The van der Waals surface area contributed by atoms with Gasteiger partial charge in [-0.2, -0.15) is 0 Å². The van der Waals surface area contributed by atoms with Gasteiger partial charge in [-0.05, 0) is 21.5 Å². The molecule has 6 heteroatoms. The van der Waals surface area contributed by atoms with Gasteiger partial charge >= 0.3 is 5.97 Å². The maximum atomic E-state index is 12.3. The molecule has 1 N–H and O–H groups in total. The number of carboxylic acid groups (broad SMARTS) is 1. The first kappa shape index (κ1) is 11.0. The molecule has 0 aliphatic heterocycles. The second kappa shape index (κ2) is 4.45. The minimum atomic E-state index is -2.66. The van der Waals surface area contributed by atoms with Crippen molar-refractivity contribution in [3.63, 3.8) is 0 Å². The van der Waals surface area contributed by atoms with Gasteiger partial charge in [0, 0.05) is 16.9 Å². The van der Waals surface area contributed by atoms with E-state index < -0.39 is 12.4 Å². The second-order valence-corrected chi connectivity index (χ2v) is 3.37. The molecule has 0 aliphatic rings. The van der Waals surface area contributed by atoms with Crippen molar-refractivity contribution < 1.29 is 18.7 Å². The molecule has 1 heterocycles. The van der Waals surface area contributed by atoms with E-state index in [9.17, 15) is 13.6 Å². The number of hydrogen-bond acceptors (Lipinski definition) is 2. The monoisotopic (exact) mass is 265 g/mol. The molecule has 0 atom stereocenters. The fraction of sp³-hybridized carbons (Fsp3) is 0.250. The Morgan fingerprint density at radius 1 is 1.57 bits per heavy atom. The van der Waals surface area contributed by atoms with Crippen LogP contribution in [0.15, 0.2) is 16.9 Å². The quantitative estimate of drug-likeness (QED) is 0.913. The smallest absolute Gasteiger partial charge is 0.307 e. The molecule has 0 saturated carbocycles. The second-order valence-electron chi connectivity index (χ2n) is 2.57. The Kier molecular flexibility index (Phi) is 3.51. The molecule has 0 aliphatic carbocycles. The number of aliphatic carboxylic acids is 1. The lowest BCUT2D eigenvalue weighted by Gasteiger charge is -2.06. The minimum absolute atomic E-state index is 0.116. The maximum Gasteiger partial charge on any atom is 0.307 e. The maximum absolute atomic E-state index is 12.3. The van der Waals surface area contributed by atoms with Crippen LogP contribution in [0.1, 0.15) is 17.6 Å². The van der Waals surface area contributed by atoms with Crippen molar-refractivity contribution in [2.45, 2.75) is 12.8 Å². The molecule has 0 radical (unpaired) electrons. The summed E-state index contributed by atoms with van der Waals surface area (Å²) in [7, 11) is 0. The summed E-state index contributed by atoms with van der Waals surface area (Å²) in [5.74, 6) is -1.08. The predicted molar refractivity (Wildman–Crippen MR) is 48.2 cm³/mol. The van der Waals surface area contributed by atoms with E-state index >= 15 is 0 Å². The van der Waals surface area contributed by atoms with Crippen molar-refractivity contribution in [3.05, 3.63) is 28.0 Å². The number of aromatic nitrogens is 1. The van der Waals surface area contributed by atoms with Gasteiger partial charge in [-0.15, -0.1) is 0 Å². The van der Waals surface area contributed by atoms with Crippen LogP contribution < -0.4 is 0 Å². The van der Waals surface area contributed by atoms with Crippen LogP contribution in [0.25, 0.3) is 0 Å². The zero-order valence-corrected chi connectivity index (χ0v) is 8.46. The minimum Gasteiger partial charge on any atom is -0.481 e. The van der Waals surface area contributed by atoms with E-state index in [1.54, 1.807) is 0 Å². The van der Waals surface area contributed by atoms with E-state index in [0.29, 0.717) is 0 Å². The normalized spacial score (nSPS) is 10.6. The van der Waals surface area contributed by atoms with Crippen LogP contribution in [-0.2, 0) is 11.2 Å². The Labute approximate surface area is 86.9 Å². The molecule has 0 amide bonds. The molecule has 3 nitrogen and oxygen atoms in total. The van der Waals surface area contributed by atoms with Crippen molar-refractivity contribution in [3.8, 4) is 0 Å². The molecular weight excluding hydrogens is 260 g/mol. The molecule has 0 unspecified atom stereocenters. The van der Waals surface area contributed by atoms with E-state index in [4.69, 9.17) is 5.11 Å². The van der Waals surface area contributed by atoms with Crippen molar-refractivity contribution in [2.75, 3.05) is 0 Å². The van der Waals surface area contributed by atoms with Crippen LogP contribution in [0.4, 0.5) is 8.78 Å². The van der Waals surface area contributed by atoms with E-state index in [1.165, 1.54) is 6.20 Å². The van der Waals surface area contributed by atoms with E-state index in [1.807, 2.05) is 0 Å². The number of halogens is 3. The largest absolute Gasteiger partial charge is 0.481 e. The third kappa shape index (κ3) is 2.47. The Morgan fingerprint density at radius 2 is 2.21 bits per heavy atom. The van der Waals surface area contributed by atoms with Gasteiger partial charge in [0.1, 0.15) is 0 Å². The fourth-order valence-corrected chi connectivity index (χ4v) is 1.46. The Hall–Kier alpha value is -1.04. The average molecular weight is 266 g/mol. The van der Waals surface area contributed by atoms with E-state index in [-0.39, 0.29) is 22.0 Å². The summed E-state index contributed by atoms with van der Waals surface area (Å²) in [6, 6.07) is 0. The van der Waals surface area contributed by atoms with Crippen molar-refractivity contribution in [1.29, 1.82) is 0 Å². The van der Waals surface area contributed by atoms with Gasteiger partial charge < -0.3 is 5.11 Å². The SMILES string of the molecule is O=C(O)Cc1cncc(C(F)F)c1Br. The Balaban J connectivity index is 3.07. The van der Waals surface area contributed by atoms with Gasteiger partial charge in [0.15, 0.2) is 0 Å². The van der Waals surface area contributed by atoms with Crippen molar-refractivity contribution >= 4 is 21.9 Å². The lowest BCUT2D eigenvalue weighted by Crippen LogP contribution is -2.03. The average Bonchev–Trinajstić information content (AvgIpc) is 2.07. The van der Waals surface area contributed by atoms with Gasteiger partial charge in [0.05, 0.1) is 12.0 Å². The highest BCUT2D eigenvalue weighted by Gasteiger charge is 2.16. The first-order valence-electron chi connectivity index (χ1n) is 3.64. The highest BCUT2D eigenvalue weighted by atomic mass is 79.9. The lowest BCUT2D eigenvalue weighted by molar-refractivity contribution is -0.136. The van der Waals surface area contributed by atoms with Crippen LogP contribution in [-0.4, -0.2) is 16.1 Å². The van der Waals surface area contributed by atoms with Crippen molar-refractivity contribution in [2.24, 2.45) is 0 Å². The molecule has 76 valence electrons. The zero-order chi connectivity index (χ0) is 10.7. The van der Waals surface area contributed by atoms with Crippen LogP contribution >= 0.6 is 15.9 Å². The van der Waals surface area contributed by atoms with Gasteiger partial charge in [-0.3, -0.25) is 9.78 Å². The Bertz CT molecular complexity index is 357. The summed E-state index contributed by atoms with van der Waals surface area (Å²) in [4.78, 5) is 13.9. The van der Waals surface area contributed by atoms with E-state index in [2.05, 4.69) is 20.9 Å². The van der Waals surface area contributed by atoms with E-state index in [0.717, 1.165) is 6.20 Å². The summed E-state index contributed by atoms with van der Waals surface area (Å²) in [6.07, 6.45) is -0.719. The molecule has 1 aromatic heterocycles. The topological polar surface area (TPSA) is 50.2 Å². The number of carboxylic acids is 1. The van der Waals surface area contributed by atoms with Crippen LogP contribution in [0.3, 0.4) is 0 Å². The third-order valence-corrected chi connectivity index (χ3v) is 2.52. The molecular formula is C8H6BrF2NO2. The predicted octanol–water partition coefficient (Wildman–Crippen LogP) is 2.41. The fourth-order valence-electron chi connectivity index (χ4n) is 0.945. The lowest BCUT2D eigenvalue weighted by atomic mass is 10.1. The molecule has 1 aromatic rings. The third-order valence-electron chi connectivity index (χ3n) is 1.56.